The normalized spacial score (nSPS) is 12.1. The Morgan fingerprint density at radius 2 is 1.76 bits per heavy atom. The second-order valence-corrected chi connectivity index (χ2v) is 6.65. The molecule has 0 saturated heterocycles. The van der Waals surface area contributed by atoms with Gasteiger partial charge in [0, 0.05) is 20.1 Å². The molecule has 29 heavy (non-hydrogen) atoms. The van der Waals surface area contributed by atoms with Crippen LogP contribution in [-0.2, 0) is 0 Å². The highest BCUT2D eigenvalue weighted by Crippen LogP contribution is 2.22. The summed E-state index contributed by atoms with van der Waals surface area (Å²) in [5, 5.41) is 6.75. The van der Waals surface area contributed by atoms with Crippen LogP contribution < -0.4 is 20.1 Å². The Bertz CT molecular complexity index is 726. The molecule has 0 aliphatic rings. The van der Waals surface area contributed by atoms with Gasteiger partial charge < -0.3 is 25.0 Å². The van der Waals surface area contributed by atoms with Crippen LogP contribution in [-0.4, -0.2) is 58.8 Å². The van der Waals surface area contributed by atoms with Crippen LogP contribution >= 0.6 is 24.0 Å². The second-order valence-electron chi connectivity index (χ2n) is 6.65. The van der Waals surface area contributed by atoms with Gasteiger partial charge in [0.05, 0.1) is 19.8 Å². The molecule has 2 N–H and O–H groups in total. The minimum atomic E-state index is 0. The molecule has 0 saturated carbocycles. The van der Waals surface area contributed by atoms with Crippen molar-refractivity contribution in [3.05, 3.63) is 60.2 Å². The van der Waals surface area contributed by atoms with Crippen LogP contribution in [0.4, 0.5) is 0 Å². The van der Waals surface area contributed by atoms with E-state index in [9.17, 15) is 0 Å². The van der Waals surface area contributed by atoms with Gasteiger partial charge in [-0.3, -0.25) is 4.99 Å². The van der Waals surface area contributed by atoms with Crippen LogP contribution in [0.5, 0.6) is 11.5 Å². The number of hydrogen-bond donors (Lipinski definition) is 2. The fourth-order valence-electron chi connectivity index (χ4n) is 2.85. The summed E-state index contributed by atoms with van der Waals surface area (Å²) in [6.45, 7) is 2.19. The van der Waals surface area contributed by atoms with Gasteiger partial charge in [-0.05, 0) is 50.3 Å². The van der Waals surface area contributed by atoms with Crippen molar-refractivity contribution in [2.75, 3.05) is 47.9 Å². The average molecular weight is 512 g/mol. The first-order valence-corrected chi connectivity index (χ1v) is 9.56. The van der Waals surface area contributed by atoms with E-state index >= 15 is 0 Å². The number of guanidine groups is 1. The topological polar surface area (TPSA) is 58.1 Å². The van der Waals surface area contributed by atoms with E-state index in [-0.39, 0.29) is 30.0 Å². The van der Waals surface area contributed by atoms with Crippen molar-refractivity contribution in [2.45, 2.75) is 12.5 Å². The van der Waals surface area contributed by atoms with Gasteiger partial charge in [0.15, 0.2) is 5.96 Å². The number of nitrogens with zero attached hydrogens (tertiary/aromatic N) is 2. The molecule has 160 valence electrons. The number of para-hydroxylation sites is 1. The molecule has 2 aromatic carbocycles. The van der Waals surface area contributed by atoms with Crippen LogP contribution in [0.3, 0.4) is 0 Å². The quantitative estimate of drug-likeness (QED) is 0.221. The molecule has 2 aromatic rings. The van der Waals surface area contributed by atoms with E-state index in [1.807, 2.05) is 42.5 Å². The lowest BCUT2D eigenvalue weighted by Crippen LogP contribution is -2.42. The van der Waals surface area contributed by atoms with Gasteiger partial charge in [-0.15, -0.1) is 24.0 Å². The fraction of sp³-hybridized carbons (Fsp3) is 0.409. The number of likely N-dealkylation sites (N-methyl/N-ethyl adjacent to an activating group) is 1. The highest BCUT2D eigenvalue weighted by molar-refractivity contribution is 14.0. The molecule has 1 atom stereocenters. The summed E-state index contributed by atoms with van der Waals surface area (Å²) in [5.41, 5.74) is 1.20. The zero-order chi connectivity index (χ0) is 20.2. The molecule has 0 spiro atoms. The van der Waals surface area contributed by atoms with Crippen molar-refractivity contribution in [1.82, 2.24) is 15.5 Å². The molecule has 7 heteroatoms. The Morgan fingerprint density at radius 3 is 2.41 bits per heavy atom. The largest absolute Gasteiger partial charge is 0.497 e. The molecule has 0 bridgehead atoms. The van der Waals surface area contributed by atoms with Gasteiger partial charge in [-0.1, -0.05) is 30.3 Å². The summed E-state index contributed by atoms with van der Waals surface area (Å²) in [6, 6.07) is 18.2. The highest BCUT2D eigenvalue weighted by Gasteiger charge is 2.15. The predicted molar refractivity (Wildman–Crippen MR) is 131 cm³/mol. The number of nitrogens with one attached hydrogen (secondary N) is 2. The number of benzene rings is 2. The number of halogens is 1. The molecule has 6 nitrogen and oxygen atoms in total. The van der Waals surface area contributed by atoms with Crippen LogP contribution in [0.25, 0.3) is 0 Å². The van der Waals surface area contributed by atoms with E-state index in [2.05, 4.69) is 46.8 Å². The number of methoxy groups -OCH3 is 1. The lowest BCUT2D eigenvalue weighted by atomic mass is 10.1. The summed E-state index contributed by atoms with van der Waals surface area (Å²) < 4.78 is 11.1. The van der Waals surface area contributed by atoms with E-state index in [1.54, 1.807) is 14.2 Å². The van der Waals surface area contributed by atoms with Gasteiger partial charge >= 0.3 is 0 Å². The van der Waals surface area contributed by atoms with Crippen LogP contribution in [0.15, 0.2) is 59.6 Å². The molecule has 0 radical (unpaired) electrons. The SMILES string of the molecule is CN=C(NCCCOc1ccccc1)NCC(c1cccc(OC)c1)N(C)C.I. The number of hydrogen-bond acceptors (Lipinski definition) is 4. The molecule has 0 amide bonds. The lowest BCUT2D eigenvalue weighted by molar-refractivity contribution is 0.296. The molecule has 0 heterocycles. The first kappa shape index (κ1) is 25.0. The molecule has 0 fully saturated rings. The van der Waals surface area contributed by atoms with Crippen molar-refractivity contribution < 1.29 is 9.47 Å². The Kier molecular flexibility index (Phi) is 12.1. The zero-order valence-electron chi connectivity index (χ0n) is 17.7. The van der Waals surface area contributed by atoms with E-state index in [0.717, 1.165) is 37.0 Å². The standard InChI is InChI=1S/C22H32N4O2.HI/c1-23-22(24-14-9-15-28-19-11-6-5-7-12-19)25-17-21(26(2)3)18-10-8-13-20(16-18)27-4;/h5-8,10-13,16,21H,9,14-15,17H2,1-4H3,(H2,23,24,25);1H. The molecule has 0 aliphatic carbocycles. The third kappa shape index (κ3) is 8.91. The average Bonchev–Trinajstić information content (AvgIpc) is 2.73. The Morgan fingerprint density at radius 1 is 1.03 bits per heavy atom. The maximum absolute atomic E-state index is 5.71. The fourth-order valence-corrected chi connectivity index (χ4v) is 2.85. The second kappa shape index (κ2) is 14.1. The molecular formula is C22H33IN4O2. The number of aliphatic imine (C=N–C) groups is 1. The summed E-state index contributed by atoms with van der Waals surface area (Å²) in [5.74, 6) is 2.55. The first-order valence-electron chi connectivity index (χ1n) is 9.56. The number of rotatable bonds is 10. The molecule has 0 aromatic heterocycles. The van der Waals surface area contributed by atoms with Crippen LogP contribution in [0.1, 0.15) is 18.0 Å². The van der Waals surface area contributed by atoms with E-state index < -0.39 is 0 Å². The van der Waals surface area contributed by atoms with E-state index in [0.29, 0.717) is 6.61 Å². The van der Waals surface area contributed by atoms with Crippen molar-refractivity contribution >= 4 is 29.9 Å². The van der Waals surface area contributed by atoms with Gasteiger partial charge in [0.25, 0.3) is 0 Å². The molecule has 1 unspecified atom stereocenters. The van der Waals surface area contributed by atoms with E-state index in [4.69, 9.17) is 9.47 Å². The van der Waals surface area contributed by atoms with Gasteiger partial charge in [-0.25, -0.2) is 0 Å². The van der Waals surface area contributed by atoms with Crippen LogP contribution in [0.2, 0.25) is 0 Å². The van der Waals surface area contributed by atoms with Gasteiger partial charge in [0.1, 0.15) is 11.5 Å². The van der Waals surface area contributed by atoms with Crippen molar-refractivity contribution in [1.29, 1.82) is 0 Å². The molecule has 0 aliphatic heterocycles. The van der Waals surface area contributed by atoms with Crippen molar-refractivity contribution in [2.24, 2.45) is 4.99 Å². The zero-order valence-corrected chi connectivity index (χ0v) is 20.1. The summed E-state index contributed by atoms with van der Waals surface area (Å²) in [6.07, 6.45) is 0.891. The monoisotopic (exact) mass is 512 g/mol. The number of ether oxygens (including phenoxy) is 2. The van der Waals surface area contributed by atoms with Crippen molar-refractivity contribution in [3.8, 4) is 11.5 Å². The Labute approximate surface area is 191 Å². The minimum Gasteiger partial charge on any atom is -0.497 e. The molecule has 2 rings (SSSR count). The highest BCUT2D eigenvalue weighted by atomic mass is 127. The molecular weight excluding hydrogens is 479 g/mol. The third-order valence-electron chi connectivity index (χ3n) is 4.41. The first-order chi connectivity index (χ1) is 13.6. The Hall–Kier alpha value is -2.00. The third-order valence-corrected chi connectivity index (χ3v) is 4.41. The maximum atomic E-state index is 5.71. The Balaban J connectivity index is 0.00000420. The smallest absolute Gasteiger partial charge is 0.191 e. The van der Waals surface area contributed by atoms with Gasteiger partial charge in [0.2, 0.25) is 0 Å². The van der Waals surface area contributed by atoms with Crippen molar-refractivity contribution in [3.63, 3.8) is 0 Å². The predicted octanol–water partition coefficient (Wildman–Crippen LogP) is 3.55. The summed E-state index contributed by atoms with van der Waals surface area (Å²) in [4.78, 5) is 6.50. The van der Waals surface area contributed by atoms with E-state index in [1.165, 1.54) is 5.56 Å². The lowest BCUT2D eigenvalue weighted by Gasteiger charge is -2.26. The summed E-state index contributed by atoms with van der Waals surface area (Å²) >= 11 is 0. The maximum Gasteiger partial charge on any atom is 0.191 e. The van der Waals surface area contributed by atoms with Gasteiger partial charge in [-0.2, -0.15) is 0 Å². The summed E-state index contributed by atoms with van der Waals surface area (Å²) in [7, 11) is 7.62. The minimum absolute atomic E-state index is 0. The van der Waals surface area contributed by atoms with Crippen LogP contribution in [0, 0.1) is 0 Å².